The summed E-state index contributed by atoms with van der Waals surface area (Å²) >= 11 is 1.43. The number of carboxylic acid groups (broad SMARTS) is 1. The molecule has 104 valence electrons. The lowest BCUT2D eigenvalue weighted by Gasteiger charge is -2.12. The summed E-state index contributed by atoms with van der Waals surface area (Å²) < 4.78 is 0. The Morgan fingerprint density at radius 3 is 2.58 bits per heavy atom. The number of amides is 1. The lowest BCUT2D eigenvalue weighted by Crippen LogP contribution is -2.22. The highest BCUT2D eigenvalue weighted by Gasteiger charge is 2.28. The van der Waals surface area contributed by atoms with Gasteiger partial charge in [-0.2, -0.15) is 0 Å². The van der Waals surface area contributed by atoms with Crippen molar-refractivity contribution in [2.24, 2.45) is 5.92 Å². The summed E-state index contributed by atoms with van der Waals surface area (Å²) in [6.07, 6.45) is 4.31. The Labute approximate surface area is 116 Å². The van der Waals surface area contributed by atoms with E-state index in [0.717, 1.165) is 42.5 Å². The Bertz CT molecular complexity index is 503. The average molecular weight is 281 g/mol. The molecule has 1 aliphatic carbocycles. The molecular weight excluding hydrogens is 262 g/mol. The molecule has 4 nitrogen and oxygen atoms in total. The molecule has 0 aromatic carbocycles. The van der Waals surface area contributed by atoms with E-state index in [9.17, 15) is 14.7 Å². The standard InChI is InChI=1S/C14H19NO3S/c1-3-8(4-2)12(16)15-13-11(14(17)18)9-6-5-7-10(9)19-13/h8H,3-7H2,1-2H3,(H,15,16)(H,17,18). The van der Waals surface area contributed by atoms with Crippen LogP contribution in [0.2, 0.25) is 0 Å². The number of carbonyl (C=O) groups is 2. The lowest BCUT2D eigenvalue weighted by molar-refractivity contribution is -0.120. The number of nitrogens with one attached hydrogen (secondary N) is 1. The quantitative estimate of drug-likeness (QED) is 0.870. The largest absolute Gasteiger partial charge is 0.478 e. The summed E-state index contributed by atoms with van der Waals surface area (Å²) in [6, 6.07) is 0. The van der Waals surface area contributed by atoms with Gasteiger partial charge in [0.05, 0.1) is 5.56 Å². The maximum Gasteiger partial charge on any atom is 0.339 e. The molecule has 0 unspecified atom stereocenters. The first-order valence-corrected chi connectivity index (χ1v) is 7.58. The van der Waals surface area contributed by atoms with Gasteiger partial charge in [0.15, 0.2) is 0 Å². The van der Waals surface area contributed by atoms with Crippen molar-refractivity contribution in [1.82, 2.24) is 0 Å². The highest BCUT2D eigenvalue weighted by Crippen LogP contribution is 2.39. The molecule has 0 spiro atoms. The van der Waals surface area contributed by atoms with E-state index in [2.05, 4.69) is 5.32 Å². The van der Waals surface area contributed by atoms with Crippen LogP contribution in [-0.4, -0.2) is 17.0 Å². The SMILES string of the molecule is CCC(CC)C(=O)Nc1sc2c(c1C(=O)O)CCC2. The highest BCUT2D eigenvalue weighted by molar-refractivity contribution is 7.17. The molecular formula is C14H19NO3S. The van der Waals surface area contributed by atoms with Gasteiger partial charge in [0.2, 0.25) is 5.91 Å². The Kier molecular flexibility index (Phi) is 4.24. The van der Waals surface area contributed by atoms with Crippen LogP contribution >= 0.6 is 11.3 Å². The van der Waals surface area contributed by atoms with E-state index in [1.165, 1.54) is 11.3 Å². The third-order valence-corrected chi connectivity index (χ3v) is 4.94. The third kappa shape index (κ3) is 2.66. The number of thiophene rings is 1. The summed E-state index contributed by atoms with van der Waals surface area (Å²) in [6.45, 7) is 3.94. The highest BCUT2D eigenvalue weighted by atomic mass is 32.1. The lowest BCUT2D eigenvalue weighted by atomic mass is 10.0. The zero-order chi connectivity index (χ0) is 14.0. The van der Waals surface area contributed by atoms with Crippen molar-refractivity contribution in [3.8, 4) is 0 Å². The normalized spacial score (nSPS) is 13.6. The third-order valence-electron chi connectivity index (χ3n) is 3.73. The van der Waals surface area contributed by atoms with E-state index < -0.39 is 5.97 Å². The van der Waals surface area contributed by atoms with E-state index >= 15 is 0 Å². The molecule has 2 N–H and O–H groups in total. The molecule has 0 bridgehead atoms. The zero-order valence-electron chi connectivity index (χ0n) is 11.3. The number of carbonyl (C=O) groups excluding carboxylic acids is 1. The van der Waals surface area contributed by atoms with Gasteiger partial charge < -0.3 is 10.4 Å². The fraction of sp³-hybridized carbons (Fsp3) is 0.571. The van der Waals surface area contributed by atoms with E-state index in [0.29, 0.717) is 10.6 Å². The first-order valence-electron chi connectivity index (χ1n) is 6.77. The molecule has 19 heavy (non-hydrogen) atoms. The summed E-state index contributed by atoms with van der Waals surface area (Å²) in [5, 5.41) is 12.7. The van der Waals surface area contributed by atoms with Crippen LogP contribution in [0.4, 0.5) is 5.00 Å². The maximum absolute atomic E-state index is 12.1. The van der Waals surface area contributed by atoms with Gasteiger partial charge in [0.1, 0.15) is 5.00 Å². The molecule has 1 aromatic heterocycles. The van der Waals surface area contributed by atoms with Crippen molar-refractivity contribution >= 4 is 28.2 Å². The van der Waals surface area contributed by atoms with Crippen molar-refractivity contribution in [1.29, 1.82) is 0 Å². The van der Waals surface area contributed by atoms with Crippen molar-refractivity contribution in [2.45, 2.75) is 46.0 Å². The predicted molar refractivity (Wildman–Crippen MR) is 76.0 cm³/mol. The Hall–Kier alpha value is -1.36. The van der Waals surface area contributed by atoms with Crippen LogP contribution in [0.3, 0.4) is 0 Å². The van der Waals surface area contributed by atoms with Crippen LogP contribution in [-0.2, 0) is 17.6 Å². The molecule has 0 saturated heterocycles. The van der Waals surface area contributed by atoms with Crippen molar-refractivity contribution < 1.29 is 14.7 Å². The summed E-state index contributed by atoms with van der Waals surface area (Å²) in [5.41, 5.74) is 1.24. The number of anilines is 1. The second-order valence-corrected chi connectivity index (χ2v) is 5.97. The number of fused-ring (bicyclic) bond motifs is 1. The number of aromatic carboxylic acids is 1. The molecule has 0 saturated carbocycles. The predicted octanol–water partition coefficient (Wildman–Crippen LogP) is 3.31. The topological polar surface area (TPSA) is 66.4 Å². The number of rotatable bonds is 5. The van der Waals surface area contributed by atoms with Crippen LogP contribution in [0.1, 0.15) is 53.9 Å². The molecule has 5 heteroatoms. The van der Waals surface area contributed by atoms with Gasteiger partial charge in [-0.15, -0.1) is 11.3 Å². The van der Waals surface area contributed by atoms with Gasteiger partial charge >= 0.3 is 5.97 Å². The number of hydrogen-bond acceptors (Lipinski definition) is 3. The second kappa shape index (κ2) is 5.74. The van der Waals surface area contributed by atoms with Gasteiger partial charge in [-0.25, -0.2) is 4.79 Å². The van der Waals surface area contributed by atoms with Crippen LogP contribution in [0, 0.1) is 5.92 Å². The van der Waals surface area contributed by atoms with Gasteiger partial charge in [0.25, 0.3) is 0 Å². The molecule has 0 atom stereocenters. The fourth-order valence-electron chi connectivity index (χ4n) is 2.59. The first-order chi connectivity index (χ1) is 9.08. The van der Waals surface area contributed by atoms with E-state index in [-0.39, 0.29) is 11.8 Å². The van der Waals surface area contributed by atoms with E-state index in [1.54, 1.807) is 0 Å². The van der Waals surface area contributed by atoms with E-state index in [4.69, 9.17) is 0 Å². The molecule has 0 aliphatic heterocycles. The van der Waals surface area contributed by atoms with Crippen LogP contribution in [0.15, 0.2) is 0 Å². The summed E-state index contributed by atoms with van der Waals surface area (Å²) in [7, 11) is 0. The molecule has 1 heterocycles. The molecule has 1 aromatic rings. The molecule has 1 amide bonds. The van der Waals surface area contributed by atoms with Gasteiger partial charge in [-0.3, -0.25) is 4.79 Å². The van der Waals surface area contributed by atoms with Crippen LogP contribution in [0.25, 0.3) is 0 Å². The smallest absolute Gasteiger partial charge is 0.339 e. The monoisotopic (exact) mass is 281 g/mol. The van der Waals surface area contributed by atoms with Crippen LogP contribution < -0.4 is 5.32 Å². The Balaban J connectivity index is 2.26. The van der Waals surface area contributed by atoms with Gasteiger partial charge in [-0.05, 0) is 37.7 Å². The Morgan fingerprint density at radius 2 is 2.00 bits per heavy atom. The molecule has 1 aliphatic rings. The first kappa shape index (κ1) is 14.1. The average Bonchev–Trinajstić information content (AvgIpc) is 2.89. The maximum atomic E-state index is 12.1. The fourth-order valence-corrected chi connectivity index (χ4v) is 3.88. The number of aryl methyl sites for hydroxylation is 1. The van der Waals surface area contributed by atoms with Gasteiger partial charge in [-0.1, -0.05) is 13.8 Å². The van der Waals surface area contributed by atoms with E-state index in [1.807, 2.05) is 13.8 Å². The van der Waals surface area contributed by atoms with Crippen molar-refractivity contribution in [2.75, 3.05) is 5.32 Å². The van der Waals surface area contributed by atoms with Crippen LogP contribution in [0.5, 0.6) is 0 Å². The summed E-state index contributed by atoms with van der Waals surface area (Å²) in [4.78, 5) is 24.6. The van der Waals surface area contributed by atoms with Crippen molar-refractivity contribution in [3.05, 3.63) is 16.0 Å². The number of hydrogen-bond donors (Lipinski definition) is 2. The molecule has 0 fully saturated rings. The minimum atomic E-state index is -0.931. The minimum absolute atomic E-state index is 0.0430. The molecule has 0 radical (unpaired) electrons. The number of carboxylic acids is 1. The zero-order valence-corrected chi connectivity index (χ0v) is 12.1. The summed E-state index contributed by atoms with van der Waals surface area (Å²) in [5.74, 6) is -1.04. The minimum Gasteiger partial charge on any atom is -0.478 e. The Morgan fingerprint density at radius 1 is 1.32 bits per heavy atom. The molecule has 2 rings (SSSR count). The van der Waals surface area contributed by atoms with Gasteiger partial charge in [0, 0.05) is 10.8 Å². The second-order valence-electron chi connectivity index (χ2n) is 4.87. The van der Waals surface area contributed by atoms with Crippen molar-refractivity contribution in [3.63, 3.8) is 0 Å².